The highest BCUT2D eigenvalue weighted by Gasteiger charge is 2.31. The zero-order valence-corrected chi connectivity index (χ0v) is 16.1. The fraction of sp³-hybridized carbons (Fsp3) is 0.278. The van der Waals surface area contributed by atoms with E-state index in [-0.39, 0.29) is 23.0 Å². The topological polar surface area (TPSA) is 106 Å². The molecule has 1 aromatic carbocycles. The van der Waals surface area contributed by atoms with Crippen LogP contribution in [0, 0.1) is 0 Å². The van der Waals surface area contributed by atoms with Crippen LogP contribution >= 0.6 is 11.6 Å². The standard InChI is InChI=1S/C18H17ClF3N5O2/c1-17(2,23)8-25-16(28)13-7-24-6-12(26-13)15-14(19)10-5-9(29-18(20,21)22)3-4-11(10)27-15/h3-7,27H,8,23H2,1-2H3,(H,25,28). The highest BCUT2D eigenvalue weighted by molar-refractivity contribution is 6.38. The van der Waals surface area contributed by atoms with Gasteiger partial charge >= 0.3 is 6.36 Å². The maximum atomic E-state index is 12.4. The minimum atomic E-state index is -4.81. The van der Waals surface area contributed by atoms with Gasteiger partial charge in [0.1, 0.15) is 17.1 Å². The van der Waals surface area contributed by atoms with Crippen LogP contribution in [-0.4, -0.2) is 39.3 Å². The largest absolute Gasteiger partial charge is 0.573 e. The second-order valence-electron chi connectivity index (χ2n) is 7.03. The van der Waals surface area contributed by atoms with Gasteiger partial charge in [0.2, 0.25) is 0 Å². The molecule has 1 amide bonds. The average molecular weight is 428 g/mol. The molecular formula is C18H17ClF3N5O2. The summed E-state index contributed by atoms with van der Waals surface area (Å²) in [5, 5.41) is 3.09. The number of halogens is 4. The van der Waals surface area contributed by atoms with E-state index >= 15 is 0 Å². The summed E-state index contributed by atoms with van der Waals surface area (Å²) in [7, 11) is 0. The maximum Gasteiger partial charge on any atom is 0.573 e. The number of aromatic amines is 1. The lowest BCUT2D eigenvalue weighted by molar-refractivity contribution is -0.274. The third-order valence-electron chi connectivity index (χ3n) is 3.77. The van der Waals surface area contributed by atoms with Crippen LogP contribution in [0.2, 0.25) is 5.02 Å². The van der Waals surface area contributed by atoms with E-state index in [1.165, 1.54) is 24.5 Å². The smallest absolute Gasteiger partial charge is 0.406 e. The first-order valence-electron chi connectivity index (χ1n) is 8.39. The Bertz CT molecular complexity index is 1060. The van der Waals surface area contributed by atoms with Gasteiger partial charge in [-0.2, -0.15) is 0 Å². The molecule has 0 aliphatic heterocycles. The Morgan fingerprint density at radius 2 is 2.03 bits per heavy atom. The monoisotopic (exact) mass is 427 g/mol. The van der Waals surface area contributed by atoms with E-state index < -0.39 is 23.6 Å². The van der Waals surface area contributed by atoms with Gasteiger partial charge in [-0.15, -0.1) is 13.2 Å². The van der Waals surface area contributed by atoms with Gasteiger partial charge in [-0.3, -0.25) is 9.78 Å². The van der Waals surface area contributed by atoms with Crippen LogP contribution in [0.5, 0.6) is 5.75 Å². The summed E-state index contributed by atoms with van der Waals surface area (Å²) in [5.74, 6) is -0.868. The number of aromatic nitrogens is 3. The summed E-state index contributed by atoms with van der Waals surface area (Å²) < 4.78 is 41.2. The van der Waals surface area contributed by atoms with E-state index in [0.717, 1.165) is 6.07 Å². The van der Waals surface area contributed by atoms with Crippen molar-refractivity contribution in [2.75, 3.05) is 6.54 Å². The molecule has 0 aliphatic rings. The van der Waals surface area contributed by atoms with Crippen LogP contribution in [0.3, 0.4) is 0 Å². The molecule has 7 nitrogen and oxygen atoms in total. The molecule has 0 saturated carbocycles. The van der Waals surface area contributed by atoms with Crippen LogP contribution in [-0.2, 0) is 0 Å². The molecule has 0 spiro atoms. The summed E-state index contributed by atoms with van der Waals surface area (Å²) in [6, 6.07) is 3.73. The SMILES string of the molecule is CC(C)(N)CNC(=O)c1cncc(-c2[nH]c3ccc(OC(F)(F)F)cc3c2Cl)n1. The molecule has 3 aromatic rings. The molecule has 0 radical (unpaired) electrons. The van der Waals surface area contributed by atoms with Crippen LogP contribution in [0.25, 0.3) is 22.3 Å². The number of hydrogen-bond acceptors (Lipinski definition) is 5. The predicted octanol–water partition coefficient (Wildman–Crippen LogP) is 3.64. The zero-order valence-electron chi connectivity index (χ0n) is 15.4. The summed E-state index contributed by atoms with van der Waals surface area (Å²) in [5.41, 5.74) is 6.33. The number of hydrogen-bond donors (Lipinski definition) is 3. The van der Waals surface area contributed by atoms with Gasteiger partial charge in [0.15, 0.2) is 0 Å². The highest BCUT2D eigenvalue weighted by Crippen LogP contribution is 2.36. The molecule has 0 unspecified atom stereocenters. The number of rotatable bonds is 5. The fourth-order valence-electron chi connectivity index (χ4n) is 2.51. The number of benzene rings is 1. The van der Waals surface area contributed by atoms with Gasteiger partial charge in [0.05, 0.1) is 23.1 Å². The van der Waals surface area contributed by atoms with Crippen molar-refractivity contribution in [2.24, 2.45) is 5.73 Å². The molecule has 0 bridgehead atoms. The molecule has 29 heavy (non-hydrogen) atoms. The molecule has 154 valence electrons. The molecule has 0 saturated heterocycles. The van der Waals surface area contributed by atoms with Crippen molar-refractivity contribution in [1.29, 1.82) is 0 Å². The predicted molar refractivity (Wildman–Crippen MR) is 102 cm³/mol. The molecular weight excluding hydrogens is 411 g/mol. The first kappa shape index (κ1) is 20.9. The first-order chi connectivity index (χ1) is 13.4. The number of nitrogens with zero attached hydrogens (tertiary/aromatic N) is 2. The number of alkyl halides is 3. The molecule has 0 aliphatic carbocycles. The van der Waals surface area contributed by atoms with Gasteiger partial charge in [-0.25, -0.2) is 4.98 Å². The number of carbonyl (C=O) groups is 1. The van der Waals surface area contributed by atoms with Crippen molar-refractivity contribution in [1.82, 2.24) is 20.3 Å². The van der Waals surface area contributed by atoms with Gasteiger partial charge in [0, 0.05) is 23.0 Å². The van der Waals surface area contributed by atoms with Crippen molar-refractivity contribution in [3.8, 4) is 17.1 Å². The minimum absolute atomic E-state index is 0.0440. The van der Waals surface area contributed by atoms with Crippen LogP contribution in [0.15, 0.2) is 30.6 Å². The van der Waals surface area contributed by atoms with Crippen LogP contribution in [0.4, 0.5) is 13.2 Å². The number of H-pyrrole nitrogens is 1. The third kappa shape index (κ3) is 5.15. The number of nitrogens with two attached hydrogens (primary N) is 1. The number of carbonyl (C=O) groups excluding carboxylic acids is 1. The van der Waals surface area contributed by atoms with Crippen molar-refractivity contribution in [2.45, 2.75) is 25.7 Å². The Balaban J connectivity index is 1.92. The number of amides is 1. The van der Waals surface area contributed by atoms with Crippen LogP contribution in [0.1, 0.15) is 24.3 Å². The Kier molecular flexibility index (Phi) is 5.42. The van der Waals surface area contributed by atoms with Gasteiger partial charge in [-0.1, -0.05) is 11.6 Å². The molecule has 11 heteroatoms. The molecule has 3 rings (SSSR count). The summed E-state index contributed by atoms with van der Waals surface area (Å²) in [6.45, 7) is 3.75. The molecule has 0 fully saturated rings. The third-order valence-corrected chi connectivity index (χ3v) is 4.16. The maximum absolute atomic E-state index is 12.4. The van der Waals surface area contributed by atoms with Crippen molar-refractivity contribution in [3.63, 3.8) is 0 Å². The lowest BCUT2D eigenvalue weighted by atomic mass is 10.1. The normalized spacial score (nSPS) is 12.2. The number of nitrogens with one attached hydrogen (secondary N) is 2. The van der Waals surface area contributed by atoms with Crippen molar-refractivity contribution >= 4 is 28.4 Å². The highest BCUT2D eigenvalue weighted by atomic mass is 35.5. The Morgan fingerprint density at radius 3 is 2.69 bits per heavy atom. The molecule has 2 heterocycles. The van der Waals surface area contributed by atoms with E-state index in [4.69, 9.17) is 17.3 Å². The van der Waals surface area contributed by atoms with E-state index in [0.29, 0.717) is 16.6 Å². The lowest BCUT2D eigenvalue weighted by Gasteiger charge is -2.18. The van der Waals surface area contributed by atoms with E-state index in [1.54, 1.807) is 13.8 Å². The van der Waals surface area contributed by atoms with Gasteiger partial charge in [-0.05, 0) is 32.0 Å². The fourth-order valence-corrected chi connectivity index (χ4v) is 2.81. The summed E-state index contributed by atoms with van der Waals surface area (Å²) >= 11 is 6.33. The average Bonchev–Trinajstić information content (AvgIpc) is 2.94. The quantitative estimate of drug-likeness (QED) is 0.576. The zero-order chi connectivity index (χ0) is 21.4. The van der Waals surface area contributed by atoms with Crippen molar-refractivity contribution < 1.29 is 22.7 Å². The van der Waals surface area contributed by atoms with E-state index in [2.05, 4.69) is 25.0 Å². The summed E-state index contributed by atoms with van der Waals surface area (Å²) in [4.78, 5) is 23.5. The number of ether oxygens (including phenoxy) is 1. The Hall–Kier alpha value is -2.85. The second-order valence-corrected chi connectivity index (χ2v) is 7.41. The Morgan fingerprint density at radius 1 is 1.31 bits per heavy atom. The van der Waals surface area contributed by atoms with Crippen molar-refractivity contribution in [3.05, 3.63) is 41.3 Å². The van der Waals surface area contributed by atoms with Gasteiger partial charge in [0.25, 0.3) is 5.91 Å². The van der Waals surface area contributed by atoms with E-state index in [9.17, 15) is 18.0 Å². The van der Waals surface area contributed by atoms with Crippen LogP contribution < -0.4 is 15.8 Å². The lowest BCUT2D eigenvalue weighted by Crippen LogP contribution is -2.45. The first-order valence-corrected chi connectivity index (χ1v) is 8.77. The van der Waals surface area contributed by atoms with Gasteiger partial charge < -0.3 is 20.8 Å². The minimum Gasteiger partial charge on any atom is -0.406 e. The second kappa shape index (κ2) is 7.53. The molecule has 4 N–H and O–H groups in total. The summed E-state index contributed by atoms with van der Waals surface area (Å²) in [6.07, 6.45) is -2.15. The Labute approximate surface area is 168 Å². The van der Waals surface area contributed by atoms with E-state index in [1.807, 2.05) is 0 Å². The number of fused-ring (bicyclic) bond motifs is 1. The molecule has 0 atom stereocenters. The molecule has 2 aromatic heterocycles.